The zero-order valence-corrected chi connectivity index (χ0v) is 15.7. The highest BCUT2D eigenvalue weighted by atomic mass is 32.2. The molecule has 2 unspecified atom stereocenters. The van der Waals surface area contributed by atoms with Gasteiger partial charge in [0, 0.05) is 42.7 Å². The lowest BCUT2D eigenvalue weighted by atomic mass is 10.2. The summed E-state index contributed by atoms with van der Waals surface area (Å²) in [6.45, 7) is 13.8. The molecule has 0 aromatic carbocycles. The van der Waals surface area contributed by atoms with E-state index in [0.717, 1.165) is 45.3 Å². The van der Waals surface area contributed by atoms with E-state index in [9.17, 15) is 0 Å². The Kier molecular flexibility index (Phi) is 5.75. The van der Waals surface area contributed by atoms with Crippen LogP contribution in [0.4, 0.5) is 0 Å². The summed E-state index contributed by atoms with van der Waals surface area (Å²) in [6.07, 6.45) is 2.89. The number of nitrogens with one attached hydrogen (secondary N) is 1. The molecule has 0 aromatic heterocycles. The predicted molar refractivity (Wildman–Crippen MR) is 98.4 cm³/mol. The van der Waals surface area contributed by atoms with Gasteiger partial charge in [0.2, 0.25) is 0 Å². The maximum atomic E-state index is 6.05. The quantitative estimate of drug-likeness (QED) is 0.625. The molecule has 3 aliphatic heterocycles. The number of morpholine rings is 1. The topological polar surface area (TPSA) is 40.1 Å². The molecule has 0 saturated carbocycles. The van der Waals surface area contributed by atoms with Crippen LogP contribution in [0.5, 0.6) is 0 Å². The van der Waals surface area contributed by atoms with Crippen LogP contribution >= 0.6 is 11.8 Å². The standard InChI is InChI=1S/C17H32N4OS/c1-4-18-16(21-8-9-23-17(2,3)13-21)19-10-15-11-20-7-5-6-14(20)12-22-15/h14-15H,4-13H2,1-3H3,(H,18,19). The van der Waals surface area contributed by atoms with Crippen molar-refractivity contribution < 1.29 is 4.74 Å². The van der Waals surface area contributed by atoms with E-state index in [1.165, 1.54) is 25.1 Å². The third kappa shape index (κ3) is 4.54. The molecule has 3 rings (SSSR count). The summed E-state index contributed by atoms with van der Waals surface area (Å²) in [5.74, 6) is 2.24. The molecule has 3 heterocycles. The fraction of sp³-hybridized carbons (Fsp3) is 0.941. The van der Waals surface area contributed by atoms with E-state index >= 15 is 0 Å². The van der Waals surface area contributed by atoms with Crippen molar-refractivity contribution in [2.75, 3.05) is 51.6 Å². The minimum atomic E-state index is 0.255. The van der Waals surface area contributed by atoms with Gasteiger partial charge in [-0.3, -0.25) is 9.89 Å². The highest BCUT2D eigenvalue weighted by Gasteiger charge is 2.32. The van der Waals surface area contributed by atoms with Crippen molar-refractivity contribution in [3.8, 4) is 0 Å². The van der Waals surface area contributed by atoms with Crippen molar-refractivity contribution in [3.05, 3.63) is 0 Å². The van der Waals surface area contributed by atoms with Gasteiger partial charge in [-0.15, -0.1) is 0 Å². The normalized spacial score (nSPS) is 32.0. The summed E-state index contributed by atoms with van der Waals surface area (Å²) in [7, 11) is 0. The molecule has 0 amide bonds. The molecule has 3 fully saturated rings. The molecule has 1 N–H and O–H groups in total. The molecule has 23 heavy (non-hydrogen) atoms. The molecule has 6 heteroatoms. The molecule has 0 spiro atoms. The molecule has 0 radical (unpaired) electrons. The van der Waals surface area contributed by atoms with Crippen molar-refractivity contribution in [1.82, 2.24) is 15.1 Å². The Morgan fingerprint density at radius 2 is 2.26 bits per heavy atom. The molecule has 2 atom stereocenters. The van der Waals surface area contributed by atoms with E-state index in [4.69, 9.17) is 9.73 Å². The Morgan fingerprint density at radius 3 is 3.04 bits per heavy atom. The maximum Gasteiger partial charge on any atom is 0.194 e. The maximum absolute atomic E-state index is 6.05. The molecule has 0 aromatic rings. The van der Waals surface area contributed by atoms with E-state index in [0.29, 0.717) is 10.8 Å². The second-order valence-corrected chi connectivity index (χ2v) is 9.27. The second kappa shape index (κ2) is 7.62. The number of nitrogens with zero attached hydrogens (tertiary/aromatic N) is 3. The molecule has 5 nitrogen and oxygen atoms in total. The number of guanidine groups is 1. The summed E-state index contributed by atoms with van der Waals surface area (Å²) in [6, 6.07) is 0.670. The summed E-state index contributed by atoms with van der Waals surface area (Å²) < 4.78 is 6.35. The van der Waals surface area contributed by atoms with Gasteiger partial charge in [-0.05, 0) is 40.2 Å². The van der Waals surface area contributed by atoms with Crippen LogP contribution in [-0.2, 0) is 4.74 Å². The van der Waals surface area contributed by atoms with Gasteiger partial charge in [0.15, 0.2) is 5.96 Å². The first-order valence-electron chi connectivity index (χ1n) is 9.10. The SMILES string of the molecule is CCNC(=NCC1CN2CCCC2CO1)N1CCSC(C)(C)C1. The average Bonchev–Trinajstić information content (AvgIpc) is 2.98. The minimum Gasteiger partial charge on any atom is -0.373 e. The third-order valence-electron chi connectivity index (χ3n) is 4.97. The summed E-state index contributed by atoms with van der Waals surface area (Å²) in [5, 5.41) is 3.47. The van der Waals surface area contributed by atoms with Crippen LogP contribution in [0.25, 0.3) is 0 Å². The van der Waals surface area contributed by atoms with Gasteiger partial charge < -0.3 is 15.0 Å². The third-order valence-corrected chi connectivity index (χ3v) is 6.26. The molecular weight excluding hydrogens is 308 g/mol. The molecule has 0 bridgehead atoms. The number of thioether (sulfide) groups is 1. The fourth-order valence-corrected chi connectivity index (χ4v) is 4.92. The molecule has 3 aliphatic rings. The smallest absolute Gasteiger partial charge is 0.194 e. The number of aliphatic imine (C=N–C) groups is 1. The van der Waals surface area contributed by atoms with Gasteiger partial charge in [-0.2, -0.15) is 11.8 Å². The van der Waals surface area contributed by atoms with Crippen LogP contribution in [0.2, 0.25) is 0 Å². The average molecular weight is 341 g/mol. The van der Waals surface area contributed by atoms with Crippen molar-refractivity contribution in [1.29, 1.82) is 0 Å². The van der Waals surface area contributed by atoms with Crippen molar-refractivity contribution in [3.63, 3.8) is 0 Å². The van der Waals surface area contributed by atoms with Crippen LogP contribution in [-0.4, -0.2) is 84.3 Å². The van der Waals surface area contributed by atoms with Gasteiger partial charge in [0.1, 0.15) is 0 Å². The Hall–Kier alpha value is -0.460. The van der Waals surface area contributed by atoms with Gasteiger partial charge in [-0.1, -0.05) is 0 Å². The molecule has 132 valence electrons. The number of fused-ring (bicyclic) bond motifs is 1. The second-order valence-electron chi connectivity index (χ2n) is 7.47. The van der Waals surface area contributed by atoms with Gasteiger partial charge >= 0.3 is 0 Å². The fourth-order valence-electron chi connectivity index (χ4n) is 3.81. The van der Waals surface area contributed by atoms with Crippen LogP contribution in [0.3, 0.4) is 0 Å². The van der Waals surface area contributed by atoms with Crippen molar-refractivity contribution >= 4 is 17.7 Å². The lowest BCUT2D eigenvalue weighted by Crippen LogP contribution is -2.51. The van der Waals surface area contributed by atoms with Crippen LogP contribution in [0, 0.1) is 0 Å². The minimum absolute atomic E-state index is 0.255. The number of hydrogen-bond acceptors (Lipinski definition) is 4. The number of ether oxygens (including phenoxy) is 1. The Bertz CT molecular complexity index is 429. The van der Waals surface area contributed by atoms with Gasteiger partial charge in [0.25, 0.3) is 0 Å². The molecule has 0 aliphatic carbocycles. The molecule has 3 saturated heterocycles. The largest absolute Gasteiger partial charge is 0.373 e. The van der Waals surface area contributed by atoms with Crippen LogP contribution in [0.1, 0.15) is 33.6 Å². The van der Waals surface area contributed by atoms with E-state index in [1.54, 1.807) is 0 Å². The Labute approximate surface area is 145 Å². The van der Waals surface area contributed by atoms with E-state index in [-0.39, 0.29) is 6.10 Å². The van der Waals surface area contributed by atoms with Crippen molar-refractivity contribution in [2.24, 2.45) is 4.99 Å². The van der Waals surface area contributed by atoms with Crippen LogP contribution < -0.4 is 5.32 Å². The highest BCUT2D eigenvalue weighted by molar-refractivity contribution is 8.00. The van der Waals surface area contributed by atoms with E-state index < -0.39 is 0 Å². The Morgan fingerprint density at radius 1 is 1.39 bits per heavy atom. The lowest BCUT2D eigenvalue weighted by molar-refractivity contribution is -0.0432. The van der Waals surface area contributed by atoms with Gasteiger partial charge in [-0.25, -0.2) is 0 Å². The zero-order valence-electron chi connectivity index (χ0n) is 14.9. The zero-order chi connectivity index (χ0) is 16.3. The first kappa shape index (κ1) is 17.4. The monoisotopic (exact) mass is 340 g/mol. The number of hydrogen-bond donors (Lipinski definition) is 1. The summed E-state index contributed by atoms with van der Waals surface area (Å²) >= 11 is 2.06. The Balaban J connectivity index is 1.58. The van der Waals surface area contributed by atoms with Crippen LogP contribution in [0.15, 0.2) is 4.99 Å². The summed E-state index contributed by atoms with van der Waals surface area (Å²) in [4.78, 5) is 9.92. The lowest BCUT2D eigenvalue weighted by Gasteiger charge is -2.39. The van der Waals surface area contributed by atoms with E-state index in [1.807, 2.05) is 0 Å². The number of rotatable bonds is 3. The highest BCUT2D eigenvalue weighted by Crippen LogP contribution is 2.29. The first-order chi connectivity index (χ1) is 11.1. The van der Waals surface area contributed by atoms with Crippen molar-refractivity contribution in [2.45, 2.75) is 50.5 Å². The molecular formula is C17H32N4OS. The van der Waals surface area contributed by atoms with E-state index in [2.05, 4.69) is 47.6 Å². The predicted octanol–water partition coefficient (Wildman–Crippen LogP) is 1.64. The summed E-state index contributed by atoms with van der Waals surface area (Å²) in [5.41, 5.74) is 0. The first-order valence-corrected chi connectivity index (χ1v) is 10.1. The van der Waals surface area contributed by atoms with Gasteiger partial charge in [0.05, 0.1) is 19.3 Å².